The van der Waals surface area contributed by atoms with Crippen LogP contribution in [0.4, 0.5) is 18.9 Å². The lowest BCUT2D eigenvalue weighted by molar-refractivity contribution is -0.137. The maximum atomic E-state index is 12.9. The molecule has 1 aromatic heterocycles. The zero-order valence-corrected chi connectivity index (χ0v) is 21.5. The monoisotopic (exact) mass is 525 g/mol. The summed E-state index contributed by atoms with van der Waals surface area (Å²) in [7, 11) is 0. The van der Waals surface area contributed by atoms with Gasteiger partial charge in [-0.1, -0.05) is 48.5 Å². The highest BCUT2D eigenvalue weighted by Crippen LogP contribution is 2.31. The molecule has 1 unspecified atom stereocenters. The van der Waals surface area contributed by atoms with Gasteiger partial charge in [-0.05, 0) is 49.2 Å². The third-order valence-corrected chi connectivity index (χ3v) is 6.63. The summed E-state index contributed by atoms with van der Waals surface area (Å²) in [6.45, 7) is 6.12. The number of halogens is 3. The maximum absolute atomic E-state index is 12.9. The maximum Gasteiger partial charge on any atom is 0.416 e. The van der Waals surface area contributed by atoms with E-state index in [0.29, 0.717) is 25.3 Å². The molecule has 1 saturated heterocycles. The molecule has 3 aromatic carbocycles. The fourth-order valence-corrected chi connectivity index (χ4v) is 4.66. The van der Waals surface area contributed by atoms with Gasteiger partial charge in [0.25, 0.3) is 0 Å². The van der Waals surface area contributed by atoms with Crippen LogP contribution in [0.15, 0.2) is 83.7 Å². The second-order valence-electron chi connectivity index (χ2n) is 9.64. The van der Waals surface area contributed by atoms with E-state index < -0.39 is 11.7 Å². The Bertz CT molecular complexity index is 1360. The number of fused-ring (bicyclic) bond motifs is 1. The van der Waals surface area contributed by atoms with Crippen molar-refractivity contribution in [1.29, 1.82) is 0 Å². The SMILES string of the molecule is CC(N)Cc1ccccc1.O=c1[nH]c2ccccc2n1CCN1CCN(c2cccc(C(F)(F)F)c2)CC1. The quantitative estimate of drug-likeness (QED) is 0.381. The molecule has 2 heterocycles. The zero-order valence-electron chi connectivity index (χ0n) is 21.5. The number of hydrogen-bond donors (Lipinski definition) is 2. The first-order valence-corrected chi connectivity index (χ1v) is 12.8. The molecule has 0 saturated carbocycles. The first kappa shape index (κ1) is 27.5. The molecule has 1 fully saturated rings. The minimum absolute atomic E-state index is 0.121. The minimum atomic E-state index is -4.33. The molecular formula is C29H34F3N5O. The van der Waals surface area contributed by atoms with E-state index >= 15 is 0 Å². The summed E-state index contributed by atoms with van der Waals surface area (Å²) in [5, 5.41) is 0. The number of nitrogens with one attached hydrogen (secondary N) is 1. The number of hydrogen-bond acceptors (Lipinski definition) is 4. The Hall–Kier alpha value is -3.56. The van der Waals surface area contributed by atoms with Gasteiger partial charge >= 0.3 is 11.9 Å². The number of aromatic nitrogens is 2. The summed E-state index contributed by atoms with van der Waals surface area (Å²) >= 11 is 0. The van der Waals surface area contributed by atoms with Gasteiger partial charge in [0.1, 0.15) is 0 Å². The van der Waals surface area contributed by atoms with Gasteiger partial charge < -0.3 is 15.6 Å². The summed E-state index contributed by atoms with van der Waals surface area (Å²) < 4.78 is 40.5. The van der Waals surface area contributed by atoms with Crippen molar-refractivity contribution in [3.63, 3.8) is 0 Å². The van der Waals surface area contributed by atoms with E-state index in [9.17, 15) is 18.0 Å². The van der Waals surface area contributed by atoms with Crippen molar-refractivity contribution >= 4 is 16.7 Å². The molecule has 3 N–H and O–H groups in total. The van der Waals surface area contributed by atoms with Gasteiger partial charge in [0.05, 0.1) is 16.6 Å². The molecule has 9 heteroatoms. The van der Waals surface area contributed by atoms with Crippen LogP contribution in [0.5, 0.6) is 0 Å². The lowest BCUT2D eigenvalue weighted by Gasteiger charge is -2.36. The second kappa shape index (κ2) is 12.3. The van der Waals surface area contributed by atoms with E-state index in [1.807, 2.05) is 54.3 Å². The molecule has 38 heavy (non-hydrogen) atoms. The first-order chi connectivity index (χ1) is 18.2. The van der Waals surface area contributed by atoms with Gasteiger partial charge in [-0.15, -0.1) is 0 Å². The van der Waals surface area contributed by atoms with Crippen molar-refractivity contribution in [2.24, 2.45) is 5.73 Å². The van der Waals surface area contributed by atoms with Crippen LogP contribution in [-0.4, -0.2) is 53.2 Å². The van der Waals surface area contributed by atoms with E-state index in [4.69, 9.17) is 5.73 Å². The molecule has 0 amide bonds. The lowest BCUT2D eigenvalue weighted by atomic mass is 10.1. The van der Waals surface area contributed by atoms with E-state index in [1.165, 1.54) is 17.7 Å². The van der Waals surface area contributed by atoms with Crippen molar-refractivity contribution < 1.29 is 13.2 Å². The number of nitrogens with zero attached hydrogens (tertiary/aromatic N) is 3. The van der Waals surface area contributed by atoms with Crippen molar-refractivity contribution in [1.82, 2.24) is 14.5 Å². The standard InChI is InChI=1S/C20H21F3N4O.C9H13N/c21-20(22,23)15-4-3-5-16(14-15)26-11-8-25(9-12-26)10-13-27-18-7-2-1-6-17(18)24-19(27)28;1-8(10)7-9-5-3-2-4-6-9/h1-7,14H,8-13H2,(H,24,28);2-6,8H,7,10H2,1H3. The Balaban J connectivity index is 0.000000283. The highest BCUT2D eigenvalue weighted by atomic mass is 19.4. The van der Waals surface area contributed by atoms with Crippen LogP contribution < -0.4 is 16.3 Å². The van der Waals surface area contributed by atoms with E-state index in [-0.39, 0.29) is 11.7 Å². The number of piperazine rings is 1. The topological polar surface area (TPSA) is 70.3 Å². The van der Waals surface area contributed by atoms with Gasteiger partial charge in [-0.2, -0.15) is 13.2 Å². The first-order valence-electron chi connectivity index (χ1n) is 12.8. The zero-order chi connectivity index (χ0) is 27.1. The minimum Gasteiger partial charge on any atom is -0.369 e. The fourth-order valence-electron chi connectivity index (χ4n) is 4.66. The Labute approximate surface area is 220 Å². The van der Waals surface area contributed by atoms with E-state index in [1.54, 1.807) is 10.6 Å². The smallest absolute Gasteiger partial charge is 0.369 e. The molecule has 4 aromatic rings. The summed E-state index contributed by atoms with van der Waals surface area (Å²) in [5.41, 5.74) is 8.51. The molecule has 0 radical (unpaired) electrons. The van der Waals surface area contributed by atoms with Crippen molar-refractivity contribution in [2.75, 3.05) is 37.6 Å². The largest absolute Gasteiger partial charge is 0.416 e. The molecule has 0 spiro atoms. The summed E-state index contributed by atoms with van der Waals surface area (Å²) in [6, 6.07) is 23.6. The average Bonchev–Trinajstić information content (AvgIpc) is 3.23. The summed E-state index contributed by atoms with van der Waals surface area (Å²) in [4.78, 5) is 19.2. The number of rotatable bonds is 6. The van der Waals surface area contributed by atoms with Crippen LogP contribution in [-0.2, 0) is 19.1 Å². The number of benzene rings is 3. The molecule has 202 valence electrons. The second-order valence-corrected chi connectivity index (χ2v) is 9.64. The molecule has 1 aliphatic rings. The highest BCUT2D eigenvalue weighted by molar-refractivity contribution is 5.74. The Morgan fingerprint density at radius 1 is 0.895 bits per heavy atom. The van der Waals surface area contributed by atoms with Gasteiger partial charge in [-0.25, -0.2) is 4.79 Å². The number of aromatic amines is 1. The van der Waals surface area contributed by atoms with Gasteiger partial charge in [-0.3, -0.25) is 9.47 Å². The molecular weight excluding hydrogens is 491 g/mol. The third-order valence-electron chi connectivity index (χ3n) is 6.63. The van der Waals surface area contributed by atoms with Crippen molar-refractivity contribution in [3.05, 3.63) is 100 Å². The molecule has 0 bridgehead atoms. The molecule has 0 aliphatic carbocycles. The summed E-state index contributed by atoms with van der Waals surface area (Å²) in [6.07, 6.45) is -3.36. The molecule has 1 aliphatic heterocycles. The Morgan fingerprint density at radius 2 is 1.58 bits per heavy atom. The predicted octanol–water partition coefficient (Wildman–Crippen LogP) is 4.75. The van der Waals surface area contributed by atoms with Crippen LogP contribution in [0.2, 0.25) is 0 Å². The van der Waals surface area contributed by atoms with Gasteiger partial charge in [0.2, 0.25) is 0 Å². The number of H-pyrrole nitrogens is 1. The number of alkyl halides is 3. The Morgan fingerprint density at radius 3 is 2.26 bits per heavy atom. The van der Waals surface area contributed by atoms with Crippen LogP contribution in [0, 0.1) is 0 Å². The van der Waals surface area contributed by atoms with Crippen molar-refractivity contribution in [2.45, 2.75) is 32.1 Å². The summed E-state index contributed by atoms with van der Waals surface area (Å²) in [5.74, 6) is 0. The third kappa shape index (κ3) is 7.26. The highest BCUT2D eigenvalue weighted by Gasteiger charge is 2.31. The Kier molecular flexibility index (Phi) is 8.91. The van der Waals surface area contributed by atoms with Crippen LogP contribution >= 0.6 is 0 Å². The number of imidazole rings is 1. The van der Waals surface area contributed by atoms with Gasteiger partial charge in [0, 0.05) is 51.0 Å². The van der Waals surface area contributed by atoms with Gasteiger partial charge in [0.15, 0.2) is 0 Å². The fraction of sp³-hybridized carbons (Fsp3) is 0.345. The predicted molar refractivity (Wildman–Crippen MR) is 146 cm³/mol. The molecule has 6 nitrogen and oxygen atoms in total. The van der Waals surface area contributed by atoms with Crippen molar-refractivity contribution in [3.8, 4) is 0 Å². The average molecular weight is 526 g/mol. The number of anilines is 1. The van der Waals surface area contributed by atoms with Crippen LogP contribution in [0.1, 0.15) is 18.1 Å². The molecule has 1 atom stereocenters. The molecule has 5 rings (SSSR count). The normalized spacial score (nSPS) is 15.2. The van der Waals surface area contributed by atoms with Crippen LogP contribution in [0.3, 0.4) is 0 Å². The van der Waals surface area contributed by atoms with Crippen LogP contribution in [0.25, 0.3) is 11.0 Å². The number of para-hydroxylation sites is 2. The lowest BCUT2D eigenvalue weighted by Crippen LogP contribution is -2.47. The van der Waals surface area contributed by atoms with E-state index in [2.05, 4.69) is 22.0 Å². The number of nitrogens with two attached hydrogens (primary N) is 1. The van der Waals surface area contributed by atoms with E-state index in [0.717, 1.165) is 43.2 Å².